The topological polar surface area (TPSA) is 51.0 Å². The maximum absolute atomic E-state index is 14.6. The standard InChI is InChI=1S/C24H31FN4O/c1-16(2)21-26-23-28(22(30)17-10-4-6-12-19(17)25)20-13-7-5-11-18(20)24(29(23)27-21)14-8-3-9-15-24/h4,6,10,12,16,18,20H,3,5,7-9,11,13-15H2,1-2H3/t18-,20+/m1/s1. The van der Waals surface area contributed by atoms with Gasteiger partial charge in [-0.25, -0.2) is 9.07 Å². The van der Waals surface area contributed by atoms with Crippen molar-refractivity contribution in [2.75, 3.05) is 4.90 Å². The molecule has 0 unspecified atom stereocenters. The Kier molecular flexibility index (Phi) is 4.91. The van der Waals surface area contributed by atoms with Crippen LogP contribution in [0.5, 0.6) is 0 Å². The highest BCUT2D eigenvalue weighted by molar-refractivity contribution is 6.06. The molecule has 1 amide bonds. The number of carbonyl (C=O) groups is 1. The summed E-state index contributed by atoms with van der Waals surface area (Å²) >= 11 is 0. The fourth-order valence-electron chi connectivity index (χ4n) is 6.12. The summed E-state index contributed by atoms with van der Waals surface area (Å²) in [6.45, 7) is 4.18. The Morgan fingerprint density at radius 2 is 1.83 bits per heavy atom. The van der Waals surface area contributed by atoms with E-state index in [1.165, 1.54) is 31.7 Å². The van der Waals surface area contributed by atoms with Crippen LogP contribution < -0.4 is 4.90 Å². The van der Waals surface area contributed by atoms with E-state index < -0.39 is 5.82 Å². The Hall–Kier alpha value is -2.24. The highest BCUT2D eigenvalue weighted by Crippen LogP contribution is 2.53. The van der Waals surface area contributed by atoms with Gasteiger partial charge in [0.05, 0.1) is 11.1 Å². The zero-order valence-corrected chi connectivity index (χ0v) is 18.0. The second-order valence-corrected chi connectivity index (χ2v) is 9.61. The highest BCUT2D eigenvalue weighted by Gasteiger charge is 2.55. The molecule has 160 valence electrons. The van der Waals surface area contributed by atoms with Crippen LogP contribution in [0, 0.1) is 11.7 Å². The number of halogens is 1. The molecule has 0 saturated heterocycles. The SMILES string of the molecule is CC(C)c1nc2n(n1)C1(CCCCC1)[C@@H]1CCCC[C@@H]1N2C(=O)c1ccccc1F. The van der Waals surface area contributed by atoms with Gasteiger partial charge >= 0.3 is 0 Å². The largest absolute Gasteiger partial charge is 0.273 e. The maximum atomic E-state index is 14.6. The van der Waals surface area contributed by atoms with Crippen molar-refractivity contribution in [3.8, 4) is 0 Å². The summed E-state index contributed by atoms with van der Waals surface area (Å²) < 4.78 is 16.7. The van der Waals surface area contributed by atoms with E-state index in [-0.39, 0.29) is 29.0 Å². The number of anilines is 1. The number of benzene rings is 1. The summed E-state index contributed by atoms with van der Waals surface area (Å²) in [5.74, 6) is 1.20. The minimum absolute atomic E-state index is 0.0508. The van der Waals surface area contributed by atoms with Gasteiger partial charge in [-0.3, -0.25) is 9.69 Å². The minimum Gasteiger partial charge on any atom is -0.273 e. The van der Waals surface area contributed by atoms with Gasteiger partial charge in [0.15, 0.2) is 5.82 Å². The molecular weight excluding hydrogens is 379 g/mol. The average Bonchev–Trinajstić information content (AvgIpc) is 3.21. The average molecular weight is 411 g/mol. The van der Waals surface area contributed by atoms with Crippen molar-refractivity contribution in [3.05, 3.63) is 41.5 Å². The Morgan fingerprint density at radius 1 is 1.10 bits per heavy atom. The Morgan fingerprint density at radius 3 is 2.57 bits per heavy atom. The quantitative estimate of drug-likeness (QED) is 0.664. The molecule has 30 heavy (non-hydrogen) atoms. The molecule has 2 heterocycles. The van der Waals surface area contributed by atoms with Crippen molar-refractivity contribution in [1.82, 2.24) is 14.8 Å². The maximum Gasteiger partial charge on any atom is 0.263 e. The predicted octanol–water partition coefficient (Wildman–Crippen LogP) is 5.42. The van der Waals surface area contributed by atoms with Crippen LogP contribution in [-0.4, -0.2) is 26.7 Å². The predicted molar refractivity (Wildman–Crippen MR) is 114 cm³/mol. The smallest absolute Gasteiger partial charge is 0.263 e. The first kappa shape index (κ1) is 19.7. The number of nitrogens with zero attached hydrogens (tertiary/aromatic N) is 4. The zero-order chi connectivity index (χ0) is 20.9. The fraction of sp³-hybridized carbons (Fsp3) is 0.625. The molecule has 2 saturated carbocycles. The first-order chi connectivity index (χ1) is 14.5. The lowest BCUT2D eigenvalue weighted by Crippen LogP contribution is -2.61. The van der Waals surface area contributed by atoms with Crippen LogP contribution in [0.25, 0.3) is 0 Å². The number of hydrogen-bond acceptors (Lipinski definition) is 3. The van der Waals surface area contributed by atoms with Crippen LogP contribution in [0.2, 0.25) is 0 Å². The zero-order valence-electron chi connectivity index (χ0n) is 18.0. The molecule has 0 radical (unpaired) electrons. The number of aromatic nitrogens is 3. The number of amides is 1. The van der Waals surface area contributed by atoms with E-state index in [1.807, 2.05) is 0 Å². The minimum atomic E-state index is -0.469. The lowest BCUT2D eigenvalue weighted by atomic mass is 9.64. The summed E-state index contributed by atoms with van der Waals surface area (Å²) in [7, 11) is 0. The summed E-state index contributed by atoms with van der Waals surface area (Å²) in [5.41, 5.74) is 0.0761. The van der Waals surface area contributed by atoms with Gasteiger partial charge < -0.3 is 0 Å². The van der Waals surface area contributed by atoms with Gasteiger partial charge in [0.2, 0.25) is 5.95 Å². The van der Waals surface area contributed by atoms with Crippen LogP contribution >= 0.6 is 0 Å². The van der Waals surface area contributed by atoms with E-state index in [1.54, 1.807) is 23.1 Å². The molecule has 6 heteroatoms. The molecule has 1 aromatic carbocycles. The van der Waals surface area contributed by atoms with Crippen molar-refractivity contribution < 1.29 is 9.18 Å². The van der Waals surface area contributed by atoms with E-state index in [2.05, 4.69) is 18.5 Å². The first-order valence-corrected chi connectivity index (χ1v) is 11.6. The lowest BCUT2D eigenvalue weighted by molar-refractivity contribution is 0.0309. The van der Waals surface area contributed by atoms with E-state index in [0.29, 0.717) is 11.9 Å². The van der Waals surface area contributed by atoms with Gasteiger partial charge in [0, 0.05) is 17.9 Å². The molecule has 0 bridgehead atoms. The molecule has 2 fully saturated rings. The monoisotopic (exact) mass is 410 g/mol. The first-order valence-electron chi connectivity index (χ1n) is 11.6. The summed E-state index contributed by atoms with van der Waals surface area (Å²) in [6, 6.07) is 6.38. The number of fused-ring (bicyclic) bond motifs is 4. The van der Waals surface area contributed by atoms with Gasteiger partial charge in [-0.1, -0.05) is 58.1 Å². The molecule has 5 rings (SSSR count). The molecule has 2 atom stereocenters. The Balaban J connectivity index is 1.69. The van der Waals surface area contributed by atoms with Crippen LogP contribution in [0.4, 0.5) is 10.3 Å². The number of carbonyl (C=O) groups excluding carboxylic acids is 1. The third-order valence-electron chi connectivity index (χ3n) is 7.55. The van der Waals surface area contributed by atoms with E-state index >= 15 is 0 Å². The normalized spacial score (nSPS) is 25.3. The summed E-state index contributed by atoms with van der Waals surface area (Å²) in [5, 5.41) is 4.98. The lowest BCUT2D eigenvalue weighted by Gasteiger charge is -2.55. The van der Waals surface area contributed by atoms with Gasteiger partial charge in [-0.15, -0.1) is 0 Å². The van der Waals surface area contributed by atoms with E-state index in [0.717, 1.165) is 37.9 Å². The van der Waals surface area contributed by atoms with Gasteiger partial charge in [-0.05, 0) is 37.8 Å². The third-order valence-corrected chi connectivity index (χ3v) is 7.55. The highest BCUT2D eigenvalue weighted by atomic mass is 19.1. The Bertz CT molecular complexity index is 946. The summed E-state index contributed by atoms with van der Waals surface area (Å²) in [4.78, 5) is 20.4. The van der Waals surface area contributed by atoms with Gasteiger partial charge in [0.1, 0.15) is 5.82 Å². The second kappa shape index (κ2) is 7.47. The molecule has 2 aromatic rings. The molecule has 1 spiro atoms. The van der Waals surface area contributed by atoms with Crippen molar-refractivity contribution in [3.63, 3.8) is 0 Å². The van der Waals surface area contributed by atoms with Crippen molar-refractivity contribution in [1.29, 1.82) is 0 Å². The molecule has 1 aliphatic heterocycles. The molecule has 2 aliphatic carbocycles. The molecule has 3 aliphatic rings. The van der Waals surface area contributed by atoms with Crippen LogP contribution in [0.1, 0.15) is 93.7 Å². The van der Waals surface area contributed by atoms with Crippen molar-refractivity contribution >= 4 is 11.9 Å². The second-order valence-electron chi connectivity index (χ2n) is 9.61. The number of hydrogen-bond donors (Lipinski definition) is 0. The van der Waals surface area contributed by atoms with Crippen LogP contribution in [0.15, 0.2) is 24.3 Å². The van der Waals surface area contributed by atoms with Crippen molar-refractivity contribution in [2.24, 2.45) is 5.92 Å². The molecule has 5 nitrogen and oxygen atoms in total. The van der Waals surface area contributed by atoms with Gasteiger partial charge in [-0.2, -0.15) is 10.1 Å². The Labute approximate surface area is 177 Å². The third kappa shape index (κ3) is 2.90. The molecule has 0 N–H and O–H groups in total. The van der Waals surface area contributed by atoms with E-state index in [4.69, 9.17) is 10.1 Å². The van der Waals surface area contributed by atoms with Gasteiger partial charge in [0.25, 0.3) is 5.91 Å². The van der Waals surface area contributed by atoms with Crippen LogP contribution in [-0.2, 0) is 5.54 Å². The fourth-order valence-corrected chi connectivity index (χ4v) is 6.12. The molecular formula is C24H31FN4O. The number of rotatable bonds is 2. The molecule has 1 aromatic heterocycles. The van der Waals surface area contributed by atoms with Crippen LogP contribution in [0.3, 0.4) is 0 Å². The van der Waals surface area contributed by atoms with E-state index in [9.17, 15) is 9.18 Å². The summed E-state index contributed by atoms with van der Waals surface area (Å²) in [6.07, 6.45) is 10.2. The van der Waals surface area contributed by atoms with Crippen molar-refractivity contribution in [2.45, 2.75) is 89.1 Å².